The minimum atomic E-state index is 0.314. The lowest BCUT2D eigenvalue weighted by molar-refractivity contribution is 0.944. The number of allylic oxidation sites excluding steroid dienone is 3. The Labute approximate surface area is 49.9 Å². The number of nitrogens with zero attached hydrogens (tertiary/aromatic N) is 1. The second kappa shape index (κ2) is 4.14. The summed E-state index contributed by atoms with van der Waals surface area (Å²) in [6.45, 7) is 5.53. The Bertz CT molecular complexity index is 128. The lowest BCUT2D eigenvalue weighted by atomic mass is 10.2. The molecule has 1 atom stereocenters. The Morgan fingerprint density at radius 1 is 1.75 bits per heavy atom. The fourth-order valence-corrected chi connectivity index (χ4v) is 0.273. The third-order valence-corrected chi connectivity index (χ3v) is 0.846. The van der Waals surface area contributed by atoms with Crippen molar-refractivity contribution in [3.8, 4) is 6.07 Å². The molecule has 8 heavy (non-hydrogen) atoms. The van der Waals surface area contributed by atoms with Crippen molar-refractivity contribution in [3.63, 3.8) is 0 Å². The molecule has 1 unspecified atom stereocenters. The van der Waals surface area contributed by atoms with E-state index in [1.165, 1.54) is 6.08 Å². The summed E-state index contributed by atoms with van der Waals surface area (Å²) in [5.74, 6) is 0.314. The van der Waals surface area contributed by atoms with Crippen LogP contribution in [0, 0.1) is 17.2 Å². The van der Waals surface area contributed by atoms with Gasteiger partial charge in [-0.1, -0.05) is 19.1 Å². The summed E-state index contributed by atoms with van der Waals surface area (Å²) in [5, 5.41) is 8.04. The molecule has 0 aromatic carbocycles. The second-order valence-electron chi connectivity index (χ2n) is 1.58. The van der Waals surface area contributed by atoms with Crippen LogP contribution in [0.3, 0.4) is 0 Å². The maximum Gasteiger partial charge on any atom is 0.0908 e. The third kappa shape index (κ3) is 3.17. The molecular weight excluding hydrogens is 98.1 g/mol. The van der Waals surface area contributed by atoms with E-state index in [-0.39, 0.29) is 0 Å². The topological polar surface area (TPSA) is 23.8 Å². The monoisotopic (exact) mass is 107 g/mol. The fourth-order valence-electron chi connectivity index (χ4n) is 0.273. The molecule has 42 valence electrons. The van der Waals surface area contributed by atoms with E-state index >= 15 is 0 Å². The fraction of sp³-hybridized carbons (Fsp3) is 0.286. The van der Waals surface area contributed by atoms with Gasteiger partial charge < -0.3 is 0 Å². The van der Waals surface area contributed by atoms with Crippen LogP contribution in [-0.4, -0.2) is 0 Å². The van der Waals surface area contributed by atoms with Crippen LogP contribution in [0.15, 0.2) is 24.8 Å². The van der Waals surface area contributed by atoms with Crippen LogP contribution in [0.1, 0.15) is 6.92 Å². The smallest absolute Gasteiger partial charge is 0.0908 e. The average Bonchev–Trinajstić information content (AvgIpc) is 1.83. The Hall–Kier alpha value is -1.03. The normalized spacial score (nSPS) is 13.0. The first kappa shape index (κ1) is 6.97. The van der Waals surface area contributed by atoms with Crippen LogP contribution < -0.4 is 0 Å². The molecule has 0 saturated carbocycles. The molecular formula is C7H9N. The van der Waals surface area contributed by atoms with E-state index in [1.807, 2.05) is 13.0 Å². The number of nitriles is 1. The molecule has 0 rings (SSSR count). The van der Waals surface area contributed by atoms with Gasteiger partial charge in [0.1, 0.15) is 0 Å². The van der Waals surface area contributed by atoms with Gasteiger partial charge in [0, 0.05) is 6.08 Å². The first-order valence-corrected chi connectivity index (χ1v) is 2.50. The highest BCUT2D eigenvalue weighted by atomic mass is 14.2. The lowest BCUT2D eigenvalue weighted by Gasteiger charge is -1.89. The highest BCUT2D eigenvalue weighted by Gasteiger charge is 1.82. The van der Waals surface area contributed by atoms with Gasteiger partial charge in [-0.3, -0.25) is 0 Å². The first-order chi connectivity index (χ1) is 3.81. The molecule has 0 saturated heterocycles. The maximum atomic E-state index is 8.04. The van der Waals surface area contributed by atoms with Crippen LogP contribution in [0.2, 0.25) is 0 Å². The van der Waals surface area contributed by atoms with Crippen molar-refractivity contribution in [2.45, 2.75) is 6.92 Å². The summed E-state index contributed by atoms with van der Waals surface area (Å²) in [5.41, 5.74) is 0. The van der Waals surface area contributed by atoms with Crippen molar-refractivity contribution < 1.29 is 0 Å². The second-order valence-corrected chi connectivity index (χ2v) is 1.58. The molecule has 0 fully saturated rings. The zero-order valence-electron chi connectivity index (χ0n) is 4.96. The molecule has 0 N–H and O–H groups in total. The van der Waals surface area contributed by atoms with Crippen LogP contribution in [0.4, 0.5) is 0 Å². The van der Waals surface area contributed by atoms with E-state index in [0.717, 1.165) is 0 Å². The molecule has 0 radical (unpaired) electrons. The number of rotatable bonds is 2. The maximum absolute atomic E-state index is 8.04. The number of hydrogen-bond donors (Lipinski definition) is 0. The van der Waals surface area contributed by atoms with E-state index in [9.17, 15) is 0 Å². The molecule has 0 amide bonds. The molecule has 0 aliphatic heterocycles. The van der Waals surface area contributed by atoms with E-state index < -0.39 is 0 Å². The van der Waals surface area contributed by atoms with E-state index in [0.29, 0.717) is 5.92 Å². The molecule has 0 aromatic rings. The van der Waals surface area contributed by atoms with Crippen molar-refractivity contribution in [2.75, 3.05) is 0 Å². The van der Waals surface area contributed by atoms with Crippen molar-refractivity contribution in [1.29, 1.82) is 5.26 Å². The van der Waals surface area contributed by atoms with Crippen molar-refractivity contribution in [3.05, 3.63) is 24.8 Å². The molecule has 0 aliphatic rings. The molecule has 0 heterocycles. The first-order valence-electron chi connectivity index (χ1n) is 2.50. The Kier molecular flexibility index (Phi) is 3.60. The average molecular weight is 107 g/mol. The van der Waals surface area contributed by atoms with Gasteiger partial charge in [-0.2, -0.15) is 5.26 Å². The van der Waals surface area contributed by atoms with Gasteiger partial charge in [0.15, 0.2) is 0 Å². The molecule has 0 aliphatic carbocycles. The summed E-state index contributed by atoms with van der Waals surface area (Å²) < 4.78 is 0. The van der Waals surface area contributed by atoms with E-state index in [1.54, 1.807) is 12.2 Å². The van der Waals surface area contributed by atoms with Crippen LogP contribution in [0.5, 0.6) is 0 Å². The molecule has 1 nitrogen and oxygen atoms in total. The lowest BCUT2D eigenvalue weighted by Crippen LogP contribution is -1.77. The van der Waals surface area contributed by atoms with Gasteiger partial charge >= 0.3 is 0 Å². The van der Waals surface area contributed by atoms with E-state index in [2.05, 4.69) is 6.58 Å². The van der Waals surface area contributed by atoms with Crippen molar-refractivity contribution in [2.24, 2.45) is 5.92 Å². The minimum absolute atomic E-state index is 0.314. The summed E-state index contributed by atoms with van der Waals surface area (Å²) >= 11 is 0. The van der Waals surface area contributed by atoms with Gasteiger partial charge in [0.05, 0.1) is 6.07 Å². The Morgan fingerprint density at radius 3 is 2.75 bits per heavy atom. The van der Waals surface area contributed by atoms with E-state index in [4.69, 9.17) is 5.26 Å². The standard InChI is InChI=1S/C7H9N/c1-3-7(2)5-4-6-8/h3-5,7H,1H2,2H3. The predicted octanol–water partition coefficient (Wildman–Crippen LogP) is 1.89. The van der Waals surface area contributed by atoms with Crippen LogP contribution in [0.25, 0.3) is 0 Å². The zero-order valence-corrected chi connectivity index (χ0v) is 4.96. The zero-order chi connectivity index (χ0) is 6.41. The van der Waals surface area contributed by atoms with Crippen LogP contribution in [-0.2, 0) is 0 Å². The quantitative estimate of drug-likeness (QED) is 0.390. The minimum Gasteiger partial charge on any atom is -0.193 e. The summed E-state index contributed by atoms with van der Waals surface area (Å²) in [6, 6.07) is 1.90. The van der Waals surface area contributed by atoms with Gasteiger partial charge in [0.25, 0.3) is 0 Å². The predicted molar refractivity (Wildman–Crippen MR) is 34.1 cm³/mol. The Balaban J connectivity index is 3.56. The van der Waals surface area contributed by atoms with Gasteiger partial charge in [-0.05, 0) is 5.92 Å². The van der Waals surface area contributed by atoms with Crippen LogP contribution >= 0.6 is 0 Å². The van der Waals surface area contributed by atoms with Gasteiger partial charge in [-0.15, -0.1) is 6.58 Å². The largest absolute Gasteiger partial charge is 0.193 e. The summed E-state index contributed by atoms with van der Waals surface area (Å²) in [4.78, 5) is 0. The Morgan fingerprint density at radius 2 is 2.38 bits per heavy atom. The summed E-state index contributed by atoms with van der Waals surface area (Å²) in [7, 11) is 0. The van der Waals surface area contributed by atoms with Crippen molar-refractivity contribution >= 4 is 0 Å². The molecule has 1 heteroatoms. The van der Waals surface area contributed by atoms with Crippen molar-refractivity contribution in [1.82, 2.24) is 0 Å². The van der Waals surface area contributed by atoms with Gasteiger partial charge in [0.2, 0.25) is 0 Å². The molecule has 0 spiro atoms. The highest BCUT2D eigenvalue weighted by molar-refractivity contribution is 5.06. The van der Waals surface area contributed by atoms with Gasteiger partial charge in [-0.25, -0.2) is 0 Å². The molecule has 0 bridgehead atoms. The highest BCUT2D eigenvalue weighted by Crippen LogP contribution is 1.95. The third-order valence-electron chi connectivity index (χ3n) is 0.846. The molecule has 0 aromatic heterocycles. The number of hydrogen-bond acceptors (Lipinski definition) is 1. The SMILES string of the molecule is C=CC(C)C=CC#N. The summed E-state index contributed by atoms with van der Waals surface area (Å²) in [6.07, 6.45) is 5.05.